The Morgan fingerprint density at radius 1 is 1.06 bits per heavy atom. The van der Waals surface area contributed by atoms with Gasteiger partial charge in [0.25, 0.3) is 5.91 Å². The number of nitrogens with zero attached hydrogens (tertiary/aromatic N) is 3. The number of fused-ring (bicyclic) bond motifs is 1. The maximum atomic E-state index is 13.5. The Bertz CT molecular complexity index is 1250. The van der Waals surface area contributed by atoms with Crippen LogP contribution in [0.25, 0.3) is 10.2 Å². The lowest BCUT2D eigenvalue weighted by Crippen LogP contribution is -2.33. The molecule has 2 aromatic carbocycles. The number of halogens is 1. The van der Waals surface area contributed by atoms with E-state index in [-0.39, 0.29) is 10.7 Å². The number of hydrogen-bond acceptors (Lipinski definition) is 4. The molecule has 0 spiro atoms. The molecular weight excluding hydrogens is 449 g/mol. The minimum absolute atomic E-state index is 0.171. The first-order valence-electron chi connectivity index (χ1n) is 10.7. The van der Waals surface area contributed by atoms with Crippen molar-refractivity contribution >= 4 is 37.5 Å². The molecule has 3 aromatic rings. The maximum Gasteiger partial charge on any atom is 0.279 e. The Balaban J connectivity index is 1.86. The van der Waals surface area contributed by atoms with E-state index in [0.717, 1.165) is 31.2 Å². The SMILES string of the molecule is CCCCN(CCCC)S(=O)(=O)c1ccc(C(=O)N=c2sc3cc(F)ccc3n2C)cc1. The van der Waals surface area contributed by atoms with Crippen molar-refractivity contribution in [2.24, 2.45) is 12.0 Å². The van der Waals surface area contributed by atoms with Gasteiger partial charge in [0, 0.05) is 25.7 Å². The molecule has 6 nitrogen and oxygen atoms in total. The smallest absolute Gasteiger partial charge is 0.279 e. The molecule has 3 rings (SSSR count). The quantitative estimate of drug-likeness (QED) is 0.448. The van der Waals surface area contributed by atoms with Crippen LogP contribution in [-0.4, -0.2) is 36.3 Å². The average molecular weight is 478 g/mol. The van der Waals surface area contributed by atoms with Crippen molar-refractivity contribution in [3.63, 3.8) is 0 Å². The first-order valence-corrected chi connectivity index (χ1v) is 13.0. The highest BCUT2D eigenvalue weighted by Gasteiger charge is 2.23. The Morgan fingerprint density at radius 2 is 1.69 bits per heavy atom. The Morgan fingerprint density at radius 3 is 2.28 bits per heavy atom. The van der Waals surface area contributed by atoms with E-state index in [1.807, 2.05) is 13.8 Å². The fourth-order valence-electron chi connectivity index (χ4n) is 3.31. The number of benzene rings is 2. The monoisotopic (exact) mass is 477 g/mol. The third-order valence-electron chi connectivity index (χ3n) is 5.23. The molecule has 32 heavy (non-hydrogen) atoms. The van der Waals surface area contributed by atoms with E-state index >= 15 is 0 Å². The zero-order chi connectivity index (χ0) is 23.3. The summed E-state index contributed by atoms with van der Waals surface area (Å²) in [6.07, 6.45) is 3.42. The molecular formula is C23H28FN3O3S2. The van der Waals surface area contributed by atoms with Crippen LogP contribution in [0.3, 0.4) is 0 Å². The molecule has 1 amide bonds. The molecule has 0 radical (unpaired) electrons. The fraction of sp³-hybridized carbons (Fsp3) is 0.391. The van der Waals surface area contributed by atoms with Gasteiger partial charge in [0.2, 0.25) is 10.0 Å². The molecule has 0 atom stereocenters. The van der Waals surface area contributed by atoms with Gasteiger partial charge < -0.3 is 4.57 Å². The highest BCUT2D eigenvalue weighted by atomic mass is 32.2. The summed E-state index contributed by atoms with van der Waals surface area (Å²) in [6, 6.07) is 10.3. The van der Waals surface area contributed by atoms with Crippen molar-refractivity contribution in [3.05, 3.63) is 58.6 Å². The highest BCUT2D eigenvalue weighted by Crippen LogP contribution is 2.20. The summed E-state index contributed by atoms with van der Waals surface area (Å²) in [5.41, 5.74) is 1.07. The summed E-state index contributed by atoms with van der Waals surface area (Å²) in [4.78, 5) is 17.5. The summed E-state index contributed by atoms with van der Waals surface area (Å²) in [7, 11) is -1.86. The number of amides is 1. The van der Waals surface area contributed by atoms with Gasteiger partial charge in [-0.05, 0) is 55.3 Å². The molecule has 0 N–H and O–H groups in total. The minimum atomic E-state index is -3.62. The molecule has 0 saturated carbocycles. The van der Waals surface area contributed by atoms with Crippen molar-refractivity contribution in [2.45, 2.75) is 44.4 Å². The lowest BCUT2D eigenvalue weighted by molar-refractivity contribution is 0.0998. The molecule has 0 saturated heterocycles. The van der Waals surface area contributed by atoms with E-state index < -0.39 is 15.9 Å². The summed E-state index contributed by atoms with van der Waals surface area (Å²) < 4.78 is 43.6. The largest absolute Gasteiger partial charge is 0.319 e. The van der Waals surface area contributed by atoms with E-state index in [1.165, 1.54) is 52.0 Å². The van der Waals surface area contributed by atoms with Gasteiger partial charge in [-0.2, -0.15) is 9.30 Å². The molecule has 0 aliphatic heterocycles. The number of unbranched alkanes of at least 4 members (excludes halogenated alkanes) is 2. The number of hydrogen-bond donors (Lipinski definition) is 0. The first-order chi connectivity index (χ1) is 15.3. The molecule has 9 heteroatoms. The molecule has 0 fully saturated rings. The van der Waals surface area contributed by atoms with Crippen molar-refractivity contribution in [3.8, 4) is 0 Å². The van der Waals surface area contributed by atoms with Crippen LogP contribution in [0.15, 0.2) is 52.4 Å². The van der Waals surface area contributed by atoms with Gasteiger partial charge in [-0.15, -0.1) is 0 Å². The van der Waals surface area contributed by atoms with Gasteiger partial charge in [-0.3, -0.25) is 4.79 Å². The van der Waals surface area contributed by atoms with Crippen LogP contribution in [0, 0.1) is 5.82 Å². The molecule has 0 aliphatic carbocycles. The Hall–Kier alpha value is -2.36. The van der Waals surface area contributed by atoms with Gasteiger partial charge >= 0.3 is 0 Å². The number of aromatic nitrogens is 1. The summed E-state index contributed by atoms with van der Waals surface area (Å²) in [5, 5.41) is 0. The molecule has 172 valence electrons. The van der Waals surface area contributed by atoms with E-state index in [4.69, 9.17) is 0 Å². The van der Waals surface area contributed by atoms with Gasteiger partial charge in [-0.25, -0.2) is 12.8 Å². The molecule has 0 bridgehead atoms. The van der Waals surface area contributed by atoms with Crippen molar-refractivity contribution < 1.29 is 17.6 Å². The van der Waals surface area contributed by atoms with Crippen molar-refractivity contribution in [1.29, 1.82) is 0 Å². The fourth-order valence-corrected chi connectivity index (χ4v) is 5.86. The van der Waals surface area contributed by atoms with E-state index in [2.05, 4.69) is 4.99 Å². The van der Waals surface area contributed by atoms with Gasteiger partial charge in [-0.1, -0.05) is 38.0 Å². The number of rotatable bonds is 9. The number of sulfonamides is 1. The van der Waals surface area contributed by atoms with Crippen molar-refractivity contribution in [2.75, 3.05) is 13.1 Å². The highest BCUT2D eigenvalue weighted by molar-refractivity contribution is 7.89. The minimum Gasteiger partial charge on any atom is -0.319 e. The van der Waals surface area contributed by atoms with Crippen LogP contribution in [0.4, 0.5) is 4.39 Å². The molecule has 0 aliphatic rings. The molecule has 1 aromatic heterocycles. The third-order valence-corrected chi connectivity index (χ3v) is 8.24. The van der Waals surface area contributed by atoms with Crippen LogP contribution in [0.5, 0.6) is 0 Å². The number of carbonyl (C=O) groups is 1. The molecule has 1 heterocycles. The molecule has 0 unspecified atom stereocenters. The van der Waals surface area contributed by atoms with E-state index in [1.54, 1.807) is 17.7 Å². The van der Waals surface area contributed by atoms with Crippen LogP contribution in [0.1, 0.15) is 49.9 Å². The average Bonchev–Trinajstić information content (AvgIpc) is 3.07. The third kappa shape index (κ3) is 5.33. The second kappa shape index (κ2) is 10.5. The predicted molar refractivity (Wildman–Crippen MR) is 126 cm³/mol. The second-order valence-corrected chi connectivity index (χ2v) is 10.6. The van der Waals surface area contributed by atoms with Crippen LogP contribution in [-0.2, 0) is 17.1 Å². The lowest BCUT2D eigenvalue weighted by Gasteiger charge is -2.22. The number of carbonyl (C=O) groups excluding carboxylic acids is 1. The maximum absolute atomic E-state index is 13.5. The van der Waals surface area contributed by atoms with E-state index in [9.17, 15) is 17.6 Å². The zero-order valence-electron chi connectivity index (χ0n) is 18.5. The van der Waals surface area contributed by atoms with Gasteiger partial charge in [0.05, 0.1) is 15.1 Å². The van der Waals surface area contributed by atoms with Gasteiger partial charge in [0.1, 0.15) is 5.82 Å². The first kappa shape index (κ1) is 24.3. The Labute approximate surface area is 192 Å². The normalized spacial score (nSPS) is 12.7. The number of aryl methyl sites for hydroxylation is 1. The van der Waals surface area contributed by atoms with Crippen LogP contribution < -0.4 is 4.80 Å². The summed E-state index contributed by atoms with van der Waals surface area (Å²) in [5.74, 6) is -0.827. The summed E-state index contributed by atoms with van der Waals surface area (Å²) >= 11 is 1.22. The summed E-state index contributed by atoms with van der Waals surface area (Å²) in [6.45, 7) is 5.03. The van der Waals surface area contributed by atoms with E-state index in [0.29, 0.717) is 28.2 Å². The number of thiazole rings is 1. The second-order valence-electron chi connectivity index (χ2n) is 7.61. The topological polar surface area (TPSA) is 71.7 Å². The van der Waals surface area contributed by atoms with Crippen molar-refractivity contribution in [1.82, 2.24) is 8.87 Å². The zero-order valence-corrected chi connectivity index (χ0v) is 20.2. The predicted octanol–water partition coefficient (Wildman–Crippen LogP) is 4.71. The Kier molecular flexibility index (Phi) is 7.97. The van der Waals surface area contributed by atoms with Crippen LogP contribution in [0.2, 0.25) is 0 Å². The van der Waals surface area contributed by atoms with Gasteiger partial charge in [0.15, 0.2) is 4.80 Å². The van der Waals surface area contributed by atoms with Crippen LogP contribution >= 0.6 is 11.3 Å². The lowest BCUT2D eigenvalue weighted by atomic mass is 10.2. The standard InChI is InChI=1S/C23H28FN3O3S2/c1-4-6-14-27(15-7-5-2)32(29,30)19-11-8-17(9-12-19)22(28)25-23-26(3)20-13-10-18(24)16-21(20)31-23/h8-13,16H,4-7,14-15H2,1-3H3.